The van der Waals surface area contributed by atoms with Crippen LogP contribution in [0.4, 0.5) is 0 Å². The molecule has 1 heterocycles. The largest absolute Gasteiger partial charge is 0.253 e. The first kappa shape index (κ1) is 9.54. The summed E-state index contributed by atoms with van der Waals surface area (Å²) in [5.74, 6) is 0. The van der Waals surface area contributed by atoms with E-state index in [4.69, 9.17) is 0 Å². The van der Waals surface area contributed by atoms with Crippen LogP contribution in [0.2, 0.25) is 0 Å². The van der Waals surface area contributed by atoms with Crippen molar-refractivity contribution in [1.29, 1.82) is 0 Å². The molecule has 0 aliphatic rings. The standard InChI is InChI=1S/C16H10N2/c1-2-4-12-11(3-1)5-6-14-13(12)7-8-15-16(14)18-10-9-17-15/h1-10H. The van der Waals surface area contributed by atoms with Crippen LogP contribution in [0, 0.1) is 0 Å². The molecule has 0 aliphatic carbocycles. The first-order valence-corrected chi connectivity index (χ1v) is 5.95. The smallest absolute Gasteiger partial charge is 0.0965 e. The maximum absolute atomic E-state index is 4.45. The van der Waals surface area contributed by atoms with Gasteiger partial charge in [-0.2, -0.15) is 0 Å². The molecule has 0 aliphatic heterocycles. The van der Waals surface area contributed by atoms with Crippen LogP contribution in [0.15, 0.2) is 60.9 Å². The fraction of sp³-hybridized carbons (Fsp3) is 0. The van der Waals surface area contributed by atoms with Crippen LogP contribution in [0.25, 0.3) is 32.6 Å². The Morgan fingerprint density at radius 3 is 2.44 bits per heavy atom. The molecule has 0 saturated heterocycles. The van der Waals surface area contributed by atoms with Crippen LogP contribution in [-0.2, 0) is 0 Å². The first-order valence-electron chi connectivity index (χ1n) is 5.95. The van der Waals surface area contributed by atoms with Crippen LogP contribution in [0.1, 0.15) is 0 Å². The zero-order chi connectivity index (χ0) is 11.9. The third-order valence-electron chi connectivity index (χ3n) is 3.36. The fourth-order valence-electron chi connectivity index (χ4n) is 2.52. The lowest BCUT2D eigenvalue weighted by Gasteiger charge is -2.05. The second kappa shape index (κ2) is 3.50. The molecule has 0 fully saturated rings. The van der Waals surface area contributed by atoms with Gasteiger partial charge < -0.3 is 0 Å². The van der Waals surface area contributed by atoms with Crippen LogP contribution >= 0.6 is 0 Å². The predicted octanol–water partition coefficient (Wildman–Crippen LogP) is 3.94. The second-order valence-corrected chi connectivity index (χ2v) is 4.37. The minimum atomic E-state index is 0.945. The highest BCUT2D eigenvalue weighted by Gasteiger charge is 2.04. The first-order chi connectivity index (χ1) is 8.93. The van der Waals surface area contributed by atoms with Gasteiger partial charge in [0, 0.05) is 17.8 Å². The van der Waals surface area contributed by atoms with Crippen molar-refractivity contribution in [2.24, 2.45) is 0 Å². The maximum Gasteiger partial charge on any atom is 0.0965 e. The minimum Gasteiger partial charge on any atom is -0.253 e. The summed E-state index contributed by atoms with van der Waals surface area (Å²) in [6, 6.07) is 16.9. The van der Waals surface area contributed by atoms with Crippen molar-refractivity contribution in [3.63, 3.8) is 0 Å². The van der Waals surface area contributed by atoms with Crippen molar-refractivity contribution >= 4 is 32.6 Å². The normalized spacial score (nSPS) is 11.3. The van der Waals surface area contributed by atoms with Gasteiger partial charge in [-0.05, 0) is 22.2 Å². The molecular formula is C16H10N2. The summed E-state index contributed by atoms with van der Waals surface area (Å²) in [7, 11) is 0. The summed E-state index contributed by atoms with van der Waals surface area (Å²) in [4.78, 5) is 8.80. The quantitative estimate of drug-likeness (QED) is 0.428. The summed E-state index contributed by atoms with van der Waals surface area (Å²) < 4.78 is 0. The molecule has 0 radical (unpaired) electrons. The lowest BCUT2D eigenvalue weighted by atomic mass is 10.0. The van der Waals surface area contributed by atoms with E-state index in [0.717, 1.165) is 11.0 Å². The summed E-state index contributed by atoms with van der Waals surface area (Å²) in [5, 5.41) is 4.93. The summed E-state index contributed by atoms with van der Waals surface area (Å²) in [6.45, 7) is 0. The zero-order valence-corrected chi connectivity index (χ0v) is 9.67. The molecule has 2 heteroatoms. The number of benzene rings is 3. The molecule has 0 atom stereocenters. The zero-order valence-electron chi connectivity index (χ0n) is 9.67. The van der Waals surface area contributed by atoms with Crippen LogP contribution in [0.3, 0.4) is 0 Å². The molecule has 1 aromatic heterocycles. The van der Waals surface area contributed by atoms with E-state index in [1.165, 1.54) is 21.5 Å². The van der Waals surface area contributed by atoms with E-state index in [0.29, 0.717) is 0 Å². The molecule has 0 bridgehead atoms. The molecule has 4 rings (SSSR count). The lowest BCUT2D eigenvalue weighted by molar-refractivity contribution is 1.30. The highest BCUT2D eigenvalue weighted by atomic mass is 14.8. The maximum atomic E-state index is 4.45. The Morgan fingerprint density at radius 1 is 0.611 bits per heavy atom. The Labute approximate surface area is 104 Å². The predicted molar refractivity (Wildman–Crippen MR) is 74.6 cm³/mol. The number of hydrogen-bond acceptors (Lipinski definition) is 2. The molecule has 0 unspecified atom stereocenters. The minimum absolute atomic E-state index is 0.945. The van der Waals surface area contributed by atoms with Gasteiger partial charge in [0.15, 0.2) is 0 Å². The van der Waals surface area contributed by atoms with Crippen molar-refractivity contribution in [3.8, 4) is 0 Å². The van der Waals surface area contributed by atoms with Gasteiger partial charge in [0.1, 0.15) is 0 Å². The molecule has 0 saturated carbocycles. The van der Waals surface area contributed by atoms with Crippen molar-refractivity contribution in [2.45, 2.75) is 0 Å². The van der Waals surface area contributed by atoms with Gasteiger partial charge in [-0.1, -0.05) is 42.5 Å². The van der Waals surface area contributed by atoms with Gasteiger partial charge in [0.25, 0.3) is 0 Å². The number of fused-ring (bicyclic) bond motifs is 5. The SMILES string of the molecule is c1ccc2c(c1)ccc1c2ccc2nccnc21. The lowest BCUT2D eigenvalue weighted by Crippen LogP contribution is -1.85. The Hall–Kier alpha value is -2.48. The van der Waals surface area contributed by atoms with Crippen molar-refractivity contribution in [3.05, 3.63) is 60.9 Å². The summed E-state index contributed by atoms with van der Waals surface area (Å²) in [6.07, 6.45) is 3.48. The van der Waals surface area contributed by atoms with E-state index in [1.807, 2.05) is 6.07 Å². The molecule has 0 spiro atoms. The fourth-order valence-corrected chi connectivity index (χ4v) is 2.52. The molecule has 3 aromatic carbocycles. The van der Waals surface area contributed by atoms with Crippen molar-refractivity contribution in [1.82, 2.24) is 9.97 Å². The Kier molecular flexibility index (Phi) is 1.86. The highest BCUT2D eigenvalue weighted by molar-refractivity contribution is 6.15. The van der Waals surface area contributed by atoms with Gasteiger partial charge in [0.05, 0.1) is 11.0 Å². The Morgan fingerprint density at radius 2 is 1.44 bits per heavy atom. The van der Waals surface area contributed by atoms with E-state index in [1.54, 1.807) is 12.4 Å². The molecule has 4 aromatic rings. The topological polar surface area (TPSA) is 25.8 Å². The van der Waals surface area contributed by atoms with E-state index in [2.05, 4.69) is 52.4 Å². The van der Waals surface area contributed by atoms with E-state index in [9.17, 15) is 0 Å². The summed E-state index contributed by atoms with van der Waals surface area (Å²) >= 11 is 0. The molecule has 0 N–H and O–H groups in total. The summed E-state index contributed by atoms with van der Waals surface area (Å²) in [5.41, 5.74) is 1.92. The molecule has 2 nitrogen and oxygen atoms in total. The van der Waals surface area contributed by atoms with Gasteiger partial charge in [-0.3, -0.25) is 9.97 Å². The number of aromatic nitrogens is 2. The Balaban J connectivity index is 2.31. The van der Waals surface area contributed by atoms with E-state index in [-0.39, 0.29) is 0 Å². The molecule has 18 heavy (non-hydrogen) atoms. The number of hydrogen-bond donors (Lipinski definition) is 0. The average Bonchev–Trinajstić information content (AvgIpc) is 2.46. The molecule has 84 valence electrons. The highest BCUT2D eigenvalue weighted by Crippen LogP contribution is 2.29. The van der Waals surface area contributed by atoms with Gasteiger partial charge in [-0.15, -0.1) is 0 Å². The van der Waals surface area contributed by atoms with E-state index >= 15 is 0 Å². The number of nitrogens with zero attached hydrogens (tertiary/aromatic N) is 2. The van der Waals surface area contributed by atoms with Crippen LogP contribution in [0.5, 0.6) is 0 Å². The Bertz CT molecular complexity index is 806. The molecular weight excluding hydrogens is 220 g/mol. The van der Waals surface area contributed by atoms with Gasteiger partial charge >= 0.3 is 0 Å². The third kappa shape index (κ3) is 1.23. The molecule has 0 amide bonds. The average molecular weight is 230 g/mol. The van der Waals surface area contributed by atoms with Crippen LogP contribution < -0.4 is 0 Å². The monoisotopic (exact) mass is 230 g/mol. The van der Waals surface area contributed by atoms with Gasteiger partial charge in [0.2, 0.25) is 0 Å². The van der Waals surface area contributed by atoms with E-state index < -0.39 is 0 Å². The second-order valence-electron chi connectivity index (χ2n) is 4.37. The van der Waals surface area contributed by atoms with Crippen LogP contribution in [-0.4, -0.2) is 9.97 Å². The third-order valence-corrected chi connectivity index (χ3v) is 3.36. The van der Waals surface area contributed by atoms with Crippen molar-refractivity contribution in [2.75, 3.05) is 0 Å². The number of rotatable bonds is 0. The van der Waals surface area contributed by atoms with Gasteiger partial charge in [-0.25, -0.2) is 0 Å². The van der Waals surface area contributed by atoms with Crippen molar-refractivity contribution < 1.29 is 0 Å².